The molecule has 0 aliphatic carbocycles. The van der Waals surface area contributed by atoms with Crippen LogP contribution >= 0.6 is 11.6 Å². The summed E-state index contributed by atoms with van der Waals surface area (Å²) in [6, 6.07) is 3.81. The van der Waals surface area contributed by atoms with Gasteiger partial charge in [-0.2, -0.15) is 0 Å². The second kappa shape index (κ2) is 5.18. The molecule has 17 heavy (non-hydrogen) atoms. The van der Waals surface area contributed by atoms with Crippen molar-refractivity contribution < 1.29 is 0 Å². The molecule has 1 atom stereocenters. The van der Waals surface area contributed by atoms with Gasteiger partial charge < -0.3 is 11.1 Å². The van der Waals surface area contributed by atoms with Crippen LogP contribution in [0.1, 0.15) is 33.3 Å². The molecule has 0 radical (unpaired) electrons. The average Bonchev–Trinajstić information content (AvgIpc) is 2.19. The van der Waals surface area contributed by atoms with Gasteiger partial charge in [0.25, 0.3) is 0 Å². The summed E-state index contributed by atoms with van der Waals surface area (Å²) in [7, 11) is 0. The molecule has 0 bridgehead atoms. The monoisotopic (exact) mass is 254 g/mol. The Morgan fingerprint density at radius 1 is 1.35 bits per heavy atom. The van der Waals surface area contributed by atoms with E-state index in [-0.39, 0.29) is 0 Å². The summed E-state index contributed by atoms with van der Waals surface area (Å²) < 4.78 is 0. The van der Waals surface area contributed by atoms with E-state index in [1.54, 1.807) is 0 Å². The van der Waals surface area contributed by atoms with Crippen molar-refractivity contribution in [2.24, 2.45) is 11.3 Å². The van der Waals surface area contributed by atoms with E-state index >= 15 is 0 Å². The molecular weight excluding hydrogens is 232 g/mol. The number of nitrogens with one attached hydrogen (secondary N) is 1. The van der Waals surface area contributed by atoms with Crippen molar-refractivity contribution in [3.63, 3.8) is 0 Å². The zero-order chi connectivity index (χ0) is 13.2. The zero-order valence-corrected chi connectivity index (χ0v) is 12.2. The first-order valence-corrected chi connectivity index (χ1v) is 6.39. The molecule has 0 aliphatic rings. The van der Waals surface area contributed by atoms with Crippen LogP contribution in [0.4, 0.5) is 11.4 Å². The molecule has 1 aromatic carbocycles. The van der Waals surface area contributed by atoms with Crippen molar-refractivity contribution in [1.29, 1.82) is 0 Å². The smallest absolute Gasteiger partial charge is 0.0656 e. The number of rotatable bonds is 3. The summed E-state index contributed by atoms with van der Waals surface area (Å²) in [6.07, 6.45) is 0. The number of nitrogens with two attached hydrogens (primary N) is 1. The van der Waals surface area contributed by atoms with Crippen molar-refractivity contribution in [3.8, 4) is 0 Å². The first-order valence-electron chi connectivity index (χ1n) is 6.01. The number of aryl methyl sites for hydroxylation is 1. The van der Waals surface area contributed by atoms with E-state index in [4.69, 9.17) is 17.3 Å². The lowest BCUT2D eigenvalue weighted by Gasteiger charge is -2.28. The van der Waals surface area contributed by atoms with Gasteiger partial charge in [0, 0.05) is 12.2 Å². The Morgan fingerprint density at radius 2 is 1.94 bits per heavy atom. The molecule has 1 unspecified atom stereocenters. The van der Waals surface area contributed by atoms with Gasteiger partial charge >= 0.3 is 0 Å². The molecule has 0 aromatic heterocycles. The Hall–Kier alpha value is -0.890. The molecule has 0 amide bonds. The van der Waals surface area contributed by atoms with E-state index in [1.807, 2.05) is 19.1 Å². The number of hydrogen-bond acceptors (Lipinski definition) is 2. The quantitative estimate of drug-likeness (QED) is 0.789. The second-order valence-corrected chi connectivity index (χ2v) is 6.24. The third-order valence-corrected chi connectivity index (χ3v) is 3.75. The number of halogens is 1. The highest BCUT2D eigenvalue weighted by Gasteiger charge is 2.19. The molecule has 1 aromatic rings. The topological polar surface area (TPSA) is 38.0 Å². The Bertz CT molecular complexity index is 394. The molecule has 3 heteroatoms. The van der Waals surface area contributed by atoms with Gasteiger partial charge in [0.05, 0.1) is 10.7 Å². The van der Waals surface area contributed by atoms with E-state index in [0.29, 0.717) is 22.0 Å². The Morgan fingerprint density at radius 3 is 2.47 bits per heavy atom. The molecule has 96 valence electrons. The lowest BCUT2D eigenvalue weighted by Crippen LogP contribution is -2.25. The number of anilines is 2. The average molecular weight is 255 g/mol. The molecule has 0 spiro atoms. The maximum Gasteiger partial charge on any atom is 0.0656 e. The minimum atomic E-state index is 0.304. The van der Waals surface area contributed by atoms with E-state index < -0.39 is 0 Å². The van der Waals surface area contributed by atoms with Crippen LogP contribution < -0.4 is 11.1 Å². The van der Waals surface area contributed by atoms with Gasteiger partial charge in [0.15, 0.2) is 0 Å². The Kier molecular flexibility index (Phi) is 4.31. The maximum absolute atomic E-state index is 6.03. The van der Waals surface area contributed by atoms with Crippen LogP contribution in [0.2, 0.25) is 5.02 Å². The molecule has 0 aliphatic heterocycles. The van der Waals surface area contributed by atoms with Gasteiger partial charge in [-0.05, 0) is 36.0 Å². The van der Waals surface area contributed by atoms with Crippen LogP contribution in [0.3, 0.4) is 0 Å². The standard InChI is InChI=1S/C14H23ClN2/c1-9-6-12(16)11(15)7-13(9)17-8-10(2)14(3,4)5/h6-7,10,17H,8,16H2,1-5H3. The predicted octanol–water partition coefficient (Wildman–Crippen LogP) is 4.32. The highest BCUT2D eigenvalue weighted by Crippen LogP contribution is 2.29. The first-order chi connectivity index (χ1) is 7.71. The third-order valence-electron chi connectivity index (χ3n) is 3.42. The SMILES string of the molecule is Cc1cc(N)c(Cl)cc1NCC(C)C(C)(C)C. The molecule has 0 saturated heterocycles. The first kappa shape index (κ1) is 14.2. The molecule has 0 saturated carbocycles. The highest BCUT2D eigenvalue weighted by molar-refractivity contribution is 6.33. The van der Waals surface area contributed by atoms with Gasteiger partial charge in [-0.3, -0.25) is 0 Å². The largest absolute Gasteiger partial charge is 0.398 e. The van der Waals surface area contributed by atoms with Gasteiger partial charge in [0.1, 0.15) is 0 Å². The minimum Gasteiger partial charge on any atom is -0.398 e. The summed E-state index contributed by atoms with van der Waals surface area (Å²) in [5.41, 5.74) is 8.90. The Balaban J connectivity index is 2.73. The van der Waals surface area contributed by atoms with Gasteiger partial charge in [-0.15, -0.1) is 0 Å². The number of hydrogen-bond donors (Lipinski definition) is 2. The van der Waals surface area contributed by atoms with E-state index in [0.717, 1.165) is 17.8 Å². The van der Waals surface area contributed by atoms with Crippen LogP contribution in [0.25, 0.3) is 0 Å². The van der Waals surface area contributed by atoms with Crippen molar-refractivity contribution in [2.45, 2.75) is 34.6 Å². The third kappa shape index (κ3) is 3.81. The molecular formula is C14H23ClN2. The van der Waals surface area contributed by atoms with Crippen molar-refractivity contribution in [1.82, 2.24) is 0 Å². The maximum atomic E-state index is 6.03. The van der Waals surface area contributed by atoms with Crippen LogP contribution in [-0.4, -0.2) is 6.54 Å². The fraction of sp³-hybridized carbons (Fsp3) is 0.571. The van der Waals surface area contributed by atoms with E-state index in [9.17, 15) is 0 Å². The van der Waals surface area contributed by atoms with Crippen LogP contribution in [-0.2, 0) is 0 Å². The van der Waals surface area contributed by atoms with Crippen LogP contribution in [0, 0.1) is 18.3 Å². The van der Waals surface area contributed by atoms with Crippen LogP contribution in [0.15, 0.2) is 12.1 Å². The van der Waals surface area contributed by atoms with Crippen LogP contribution in [0.5, 0.6) is 0 Å². The molecule has 0 fully saturated rings. The lowest BCUT2D eigenvalue weighted by molar-refractivity contribution is 0.274. The predicted molar refractivity (Wildman–Crippen MR) is 77.7 cm³/mol. The highest BCUT2D eigenvalue weighted by atomic mass is 35.5. The van der Waals surface area contributed by atoms with Gasteiger partial charge in [-0.1, -0.05) is 39.3 Å². The summed E-state index contributed by atoms with van der Waals surface area (Å²) in [4.78, 5) is 0. The lowest BCUT2D eigenvalue weighted by atomic mass is 9.82. The van der Waals surface area contributed by atoms with Gasteiger partial charge in [-0.25, -0.2) is 0 Å². The number of benzene rings is 1. The molecule has 0 heterocycles. The van der Waals surface area contributed by atoms with Crippen molar-refractivity contribution in [3.05, 3.63) is 22.7 Å². The summed E-state index contributed by atoms with van der Waals surface area (Å²) in [5, 5.41) is 4.06. The second-order valence-electron chi connectivity index (χ2n) is 5.84. The summed E-state index contributed by atoms with van der Waals surface area (Å²) >= 11 is 6.03. The molecule has 3 N–H and O–H groups in total. The minimum absolute atomic E-state index is 0.304. The molecule has 1 rings (SSSR count). The fourth-order valence-electron chi connectivity index (χ4n) is 1.46. The normalized spacial score (nSPS) is 13.5. The molecule has 2 nitrogen and oxygen atoms in total. The fourth-order valence-corrected chi connectivity index (χ4v) is 1.63. The van der Waals surface area contributed by atoms with Crippen molar-refractivity contribution >= 4 is 23.0 Å². The van der Waals surface area contributed by atoms with E-state index in [2.05, 4.69) is 33.0 Å². The summed E-state index contributed by atoms with van der Waals surface area (Å²) in [5.74, 6) is 0.582. The Labute approximate surface area is 110 Å². The van der Waals surface area contributed by atoms with E-state index in [1.165, 1.54) is 0 Å². The van der Waals surface area contributed by atoms with Gasteiger partial charge in [0.2, 0.25) is 0 Å². The number of nitrogen functional groups attached to an aromatic ring is 1. The zero-order valence-electron chi connectivity index (χ0n) is 11.4. The summed E-state index contributed by atoms with van der Waals surface area (Å²) in [6.45, 7) is 12.0. The van der Waals surface area contributed by atoms with Crippen molar-refractivity contribution in [2.75, 3.05) is 17.6 Å².